The molecule has 0 aliphatic heterocycles. The van der Waals surface area contributed by atoms with Crippen LogP contribution in [0.3, 0.4) is 0 Å². The fourth-order valence-corrected chi connectivity index (χ4v) is 3.10. The Balaban J connectivity index is 1.61. The number of rotatable bonds is 6. The Morgan fingerprint density at radius 3 is 2.60 bits per heavy atom. The third-order valence-electron chi connectivity index (χ3n) is 4.40. The van der Waals surface area contributed by atoms with Crippen LogP contribution >= 0.6 is 23.2 Å². The van der Waals surface area contributed by atoms with Gasteiger partial charge in [0.1, 0.15) is 0 Å². The van der Waals surface area contributed by atoms with Gasteiger partial charge in [-0.25, -0.2) is 0 Å². The van der Waals surface area contributed by atoms with Crippen molar-refractivity contribution in [1.29, 1.82) is 0 Å². The van der Waals surface area contributed by atoms with Crippen molar-refractivity contribution >= 4 is 34.8 Å². The fourth-order valence-electron chi connectivity index (χ4n) is 2.78. The Morgan fingerprint density at radius 1 is 1.23 bits per heavy atom. The fraction of sp³-hybridized carbons (Fsp3) is 0.316. The lowest BCUT2D eigenvalue weighted by molar-refractivity contribution is -0.141. The molecular weight excluding hydrogens is 442 g/mol. The Labute approximate surface area is 180 Å². The molecule has 3 rings (SSSR count). The van der Waals surface area contributed by atoms with Gasteiger partial charge in [0.05, 0.1) is 40.9 Å². The number of benzene rings is 1. The van der Waals surface area contributed by atoms with Crippen molar-refractivity contribution < 1.29 is 18.0 Å². The van der Waals surface area contributed by atoms with Gasteiger partial charge in [0, 0.05) is 11.9 Å². The number of nitrogens with zero attached hydrogens (tertiary/aromatic N) is 4. The maximum Gasteiger partial charge on any atom is 0.435 e. The Morgan fingerprint density at radius 2 is 1.97 bits per heavy atom. The minimum atomic E-state index is -4.52. The van der Waals surface area contributed by atoms with Crippen molar-refractivity contribution in [2.24, 2.45) is 5.92 Å². The number of carbonyl (C=O) groups is 1. The molecule has 1 atom stereocenters. The predicted molar refractivity (Wildman–Crippen MR) is 108 cm³/mol. The summed E-state index contributed by atoms with van der Waals surface area (Å²) in [5, 5.41) is 11.3. The number of halogens is 5. The standard InChI is InChI=1S/C19H18Cl2F3N5O/c1-11(8-29-12(2)5-17(27-29)19(22,23)24)18(30)26-14-7-25-28(10-14)9-13-3-4-15(20)16(21)6-13/h3-7,10-11H,8-9H2,1-2H3,(H,26,30). The zero-order valence-corrected chi connectivity index (χ0v) is 17.6. The summed E-state index contributed by atoms with van der Waals surface area (Å²) in [5.74, 6) is -0.962. The SMILES string of the molecule is Cc1cc(C(F)(F)F)nn1CC(C)C(=O)Nc1cnn(Cc2ccc(Cl)c(Cl)c2)c1. The number of alkyl halides is 3. The first-order valence-electron chi connectivity index (χ1n) is 8.92. The van der Waals surface area contributed by atoms with Gasteiger partial charge in [0.15, 0.2) is 5.69 Å². The third-order valence-corrected chi connectivity index (χ3v) is 5.13. The lowest BCUT2D eigenvalue weighted by Gasteiger charge is -2.12. The van der Waals surface area contributed by atoms with E-state index < -0.39 is 17.8 Å². The van der Waals surface area contributed by atoms with Crippen LogP contribution < -0.4 is 5.32 Å². The van der Waals surface area contributed by atoms with Crippen LogP contribution in [0.2, 0.25) is 10.0 Å². The van der Waals surface area contributed by atoms with Crippen molar-refractivity contribution in [3.05, 3.63) is 63.7 Å². The van der Waals surface area contributed by atoms with E-state index in [1.807, 2.05) is 6.07 Å². The van der Waals surface area contributed by atoms with Gasteiger partial charge in [-0.05, 0) is 30.7 Å². The smallest absolute Gasteiger partial charge is 0.323 e. The number of anilines is 1. The highest BCUT2D eigenvalue weighted by Crippen LogP contribution is 2.28. The Hall–Kier alpha value is -2.52. The molecule has 1 unspecified atom stereocenters. The van der Waals surface area contributed by atoms with Crippen molar-refractivity contribution in [1.82, 2.24) is 19.6 Å². The van der Waals surface area contributed by atoms with E-state index in [0.717, 1.165) is 11.6 Å². The summed E-state index contributed by atoms with van der Waals surface area (Å²) in [5.41, 5.74) is 0.709. The van der Waals surface area contributed by atoms with Gasteiger partial charge < -0.3 is 5.32 Å². The normalized spacial score (nSPS) is 12.8. The Kier molecular flexibility index (Phi) is 6.42. The second-order valence-corrected chi connectivity index (χ2v) is 7.73. The summed E-state index contributed by atoms with van der Waals surface area (Å²) < 4.78 is 41.2. The predicted octanol–water partition coefficient (Wildman–Crippen LogP) is 5.04. The molecule has 6 nitrogen and oxygen atoms in total. The van der Waals surface area contributed by atoms with Crippen molar-refractivity contribution in [2.75, 3.05) is 5.32 Å². The molecule has 0 bridgehead atoms. The zero-order chi connectivity index (χ0) is 22.1. The van der Waals surface area contributed by atoms with Crippen LogP contribution in [0.25, 0.3) is 0 Å². The molecule has 0 fully saturated rings. The van der Waals surface area contributed by atoms with Gasteiger partial charge in [-0.3, -0.25) is 14.2 Å². The number of hydrogen-bond donors (Lipinski definition) is 1. The summed E-state index contributed by atoms with van der Waals surface area (Å²) in [6, 6.07) is 6.19. The molecule has 30 heavy (non-hydrogen) atoms. The van der Waals surface area contributed by atoms with E-state index in [9.17, 15) is 18.0 Å². The summed E-state index contributed by atoms with van der Waals surface area (Å²) in [6.45, 7) is 3.57. The molecule has 3 aromatic rings. The van der Waals surface area contributed by atoms with E-state index in [0.29, 0.717) is 28.0 Å². The molecule has 0 saturated heterocycles. The maximum absolute atomic E-state index is 12.8. The largest absolute Gasteiger partial charge is 0.435 e. The second kappa shape index (κ2) is 8.69. The minimum Gasteiger partial charge on any atom is -0.323 e. The number of hydrogen-bond acceptors (Lipinski definition) is 3. The molecule has 0 aliphatic rings. The molecule has 11 heteroatoms. The van der Waals surface area contributed by atoms with Gasteiger partial charge in [0.2, 0.25) is 5.91 Å². The van der Waals surface area contributed by atoms with E-state index in [1.165, 1.54) is 17.8 Å². The number of carbonyl (C=O) groups excluding carboxylic acids is 1. The van der Waals surface area contributed by atoms with E-state index in [4.69, 9.17) is 23.2 Å². The molecule has 0 saturated carbocycles. The van der Waals surface area contributed by atoms with Crippen LogP contribution in [0.1, 0.15) is 23.9 Å². The number of aryl methyl sites for hydroxylation is 1. The van der Waals surface area contributed by atoms with Gasteiger partial charge >= 0.3 is 6.18 Å². The van der Waals surface area contributed by atoms with Gasteiger partial charge in [-0.1, -0.05) is 36.2 Å². The number of nitrogens with one attached hydrogen (secondary N) is 1. The van der Waals surface area contributed by atoms with Gasteiger partial charge in [0.25, 0.3) is 0 Å². The first kappa shape index (κ1) is 22.2. The Bertz CT molecular complexity index is 1060. The van der Waals surface area contributed by atoms with Crippen LogP contribution in [-0.2, 0) is 24.1 Å². The third kappa shape index (κ3) is 5.34. The summed E-state index contributed by atoms with van der Waals surface area (Å²) in [6.07, 6.45) is -1.39. The van der Waals surface area contributed by atoms with Gasteiger partial charge in [-0.2, -0.15) is 23.4 Å². The topological polar surface area (TPSA) is 64.7 Å². The highest BCUT2D eigenvalue weighted by Gasteiger charge is 2.34. The molecule has 0 radical (unpaired) electrons. The zero-order valence-electron chi connectivity index (χ0n) is 16.0. The first-order chi connectivity index (χ1) is 14.0. The van der Waals surface area contributed by atoms with Crippen LogP contribution in [0.15, 0.2) is 36.7 Å². The molecule has 1 amide bonds. The van der Waals surface area contributed by atoms with Crippen molar-refractivity contribution in [3.8, 4) is 0 Å². The first-order valence-corrected chi connectivity index (χ1v) is 9.67. The summed E-state index contributed by atoms with van der Waals surface area (Å²) >= 11 is 11.9. The van der Waals surface area contributed by atoms with Gasteiger partial charge in [-0.15, -0.1) is 0 Å². The molecule has 160 valence electrons. The van der Waals surface area contributed by atoms with Crippen LogP contribution in [0.4, 0.5) is 18.9 Å². The molecule has 0 aliphatic carbocycles. The minimum absolute atomic E-state index is 0.0190. The molecular formula is C19H18Cl2F3N5O. The monoisotopic (exact) mass is 459 g/mol. The molecule has 1 N–H and O–H groups in total. The van der Waals surface area contributed by atoms with Crippen LogP contribution in [0.5, 0.6) is 0 Å². The molecule has 2 aromatic heterocycles. The molecule has 2 heterocycles. The van der Waals surface area contributed by atoms with E-state index in [-0.39, 0.29) is 12.5 Å². The number of amides is 1. The quantitative estimate of drug-likeness (QED) is 0.561. The summed E-state index contributed by atoms with van der Waals surface area (Å²) in [7, 11) is 0. The maximum atomic E-state index is 12.8. The van der Waals surface area contributed by atoms with E-state index in [1.54, 1.807) is 29.9 Å². The average Bonchev–Trinajstić information content (AvgIpc) is 3.24. The lowest BCUT2D eigenvalue weighted by Crippen LogP contribution is -2.25. The van der Waals surface area contributed by atoms with Crippen molar-refractivity contribution in [3.63, 3.8) is 0 Å². The molecule has 0 spiro atoms. The second-order valence-electron chi connectivity index (χ2n) is 6.92. The highest BCUT2D eigenvalue weighted by atomic mass is 35.5. The lowest BCUT2D eigenvalue weighted by atomic mass is 10.1. The highest BCUT2D eigenvalue weighted by molar-refractivity contribution is 6.42. The van der Waals surface area contributed by atoms with Crippen LogP contribution in [0, 0.1) is 12.8 Å². The summed E-state index contributed by atoms with van der Waals surface area (Å²) in [4.78, 5) is 12.4. The van der Waals surface area contributed by atoms with Crippen molar-refractivity contribution in [2.45, 2.75) is 33.1 Å². The van der Waals surface area contributed by atoms with Crippen LogP contribution in [-0.4, -0.2) is 25.5 Å². The number of aromatic nitrogens is 4. The van der Waals surface area contributed by atoms with E-state index in [2.05, 4.69) is 15.5 Å². The van der Waals surface area contributed by atoms with E-state index >= 15 is 0 Å². The molecule has 1 aromatic carbocycles. The average molecular weight is 460 g/mol.